The van der Waals surface area contributed by atoms with Crippen molar-refractivity contribution in [1.29, 1.82) is 0 Å². The predicted molar refractivity (Wildman–Crippen MR) is 62.5 cm³/mol. The van der Waals surface area contributed by atoms with Gasteiger partial charge in [-0.1, -0.05) is 12.1 Å². The molecule has 1 aliphatic heterocycles. The van der Waals surface area contributed by atoms with E-state index in [1.165, 1.54) is 6.07 Å². The van der Waals surface area contributed by atoms with E-state index < -0.39 is 5.82 Å². The fraction of sp³-hybridized carbons (Fsp3) is 0.417. The van der Waals surface area contributed by atoms with Gasteiger partial charge in [0, 0.05) is 13.1 Å². The molecule has 5 heteroatoms. The molecule has 0 aliphatic carbocycles. The maximum absolute atomic E-state index is 13.5. The Kier molecular flexibility index (Phi) is 3.58. The highest BCUT2D eigenvalue weighted by Crippen LogP contribution is 2.19. The Morgan fingerprint density at radius 2 is 2.12 bits per heavy atom. The number of nitrogens with one attached hydrogen (secondary N) is 1. The van der Waals surface area contributed by atoms with Crippen LogP contribution in [0.1, 0.15) is 5.56 Å². The minimum absolute atomic E-state index is 0.254. The number of carbonyl (C=O) groups excluding carboxylic acids is 1. The lowest BCUT2D eigenvalue weighted by Crippen LogP contribution is -2.43. The van der Waals surface area contributed by atoms with Gasteiger partial charge in [-0.3, -0.25) is 0 Å². The minimum Gasteiger partial charge on any atom is -0.378 e. The van der Waals surface area contributed by atoms with E-state index in [4.69, 9.17) is 4.74 Å². The van der Waals surface area contributed by atoms with Crippen LogP contribution in [0.25, 0.3) is 0 Å². The van der Waals surface area contributed by atoms with E-state index in [1.807, 2.05) is 0 Å². The molecule has 0 bridgehead atoms. The summed E-state index contributed by atoms with van der Waals surface area (Å²) in [5.41, 5.74) is 0.968. The summed E-state index contributed by atoms with van der Waals surface area (Å²) in [4.78, 5) is 13.5. The smallest absolute Gasteiger partial charge is 0.322 e. The largest absolute Gasteiger partial charge is 0.378 e. The van der Waals surface area contributed by atoms with Crippen molar-refractivity contribution in [3.8, 4) is 0 Å². The number of aryl methyl sites for hydroxylation is 1. The first-order valence-corrected chi connectivity index (χ1v) is 5.57. The molecule has 17 heavy (non-hydrogen) atoms. The Hall–Kier alpha value is -1.62. The Morgan fingerprint density at radius 1 is 1.41 bits per heavy atom. The van der Waals surface area contributed by atoms with Crippen molar-refractivity contribution in [2.45, 2.75) is 6.92 Å². The zero-order chi connectivity index (χ0) is 12.3. The van der Waals surface area contributed by atoms with Crippen LogP contribution in [0.2, 0.25) is 0 Å². The second kappa shape index (κ2) is 5.14. The van der Waals surface area contributed by atoms with Crippen molar-refractivity contribution < 1.29 is 13.9 Å². The van der Waals surface area contributed by atoms with Gasteiger partial charge in [0.2, 0.25) is 0 Å². The number of amides is 2. The third-order valence-corrected chi connectivity index (χ3v) is 2.75. The first kappa shape index (κ1) is 11.9. The maximum atomic E-state index is 13.5. The van der Waals surface area contributed by atoms with Gasteiger partial charge in [-0.25, -0.2) is 9.18 Å². The van der Waals surface area contributed by atoms with Crippen LogP contribution in [0.5, 0.6) is 0 Å². The fourth-order valence-corrected chi connectivity index (χ4v) is 1.74. The average molecular weight is 238 g/mol. The molecular formula is C12H15FN2O2. The van der Waals surface area contributed by atoms with Crippen LogP contribution in [-0.2, 0) is 4.74 Å². The van der Waals surface area contributed by atoms with Gasteiger partial charge in [0.15, 0.2) is 0 Å². The summed E-state index contributed by atoms with van der Waals surface area (Å²) in [5, 5.41) is 2.60. The van der Waals surface area contributed by atoms with E-state index in [2.05, 4.69) is 5.32 Å². The number of rotatable bonds is 1. The second-order valence-electron chi connectivity index (χ2n) is 3.96. The summed E-state index contributed by atoms with van der Waals surface area (Å²) in [6.45, 7) is 3.91. The number of para-hydroxylation sites is 1. The van der Waals surface area contributed by atoms with Gasteiger partial charge in [-0.05, 0) is 18.6 Å². The zero-order valence-electron chi connectivity index (χ0n) is 9.70. The van der Waals surface area contributed by atoms with Gasteiger partial charge >= 0.3 is 6.03 Å². The SMILES string of the molecule is Cc1cccc(F)c1NC(=O)N1CCOCC1. The Labute approximate surface area is 99.4 Å². The fourth-order valence-electron chi connectivity index (χ4n) is 1.74. The van der Waals surface area contributed by atoms with E-state index in [-0.39, 0.29) is 11.7 Å². The topological polar surface area (TPSA) is 41.6 Å². The summed E-state index contributed by atoms with van der Waals surface area (Å²) in [7, 11) is 0. The number of hydrogen-bond acceptors (Lipinski definition) is 2. The molecule has 1 N–H and O–H groups in total. The molecule has 0 radical (unpaired) electrons. The van der Waals surface area contributed by atoms with Crippen molar-refractivity contribution in [3.05, 3.63) is 29.6 Å². The number of halogens is 1. The Morgan fingerprint density at radius 3 is 2.76 bits per heavy atom. The van der Waals surface area contributed by atoms with Gasteiger partial charge in [0.1, 0.15) is 5.82 Å². The van der Waals surface area contributed by atoms with Crippen LogP contribution in [0.4, 0.5) is 14.9 Å². The van der Waals surface area contributed by atoms with Gasteiger partial charge in [0.05, 0.1) is 18.9 Å². The highest BCUT2D eigenvalue weighted by Gasteiger charge is 2.18. The Balaban J connectivity index is 2.07. The maximum Gasteiger partial charge on any atom is 0.322 e. The van der Waals surface area contributed by atoms with Gasteiger partial charge in [-0.15, -0.1) is 0 Å². The van der Waals surface area contributed by atoms with E-state index in [0.717, 1.165) is 0 Å². The summed E-state index contributed by atoms with van der Waals surface area (Å²) >= 11 is 0. The molecule has 1 aromatic carbocycles. The molecule has 1 aliphatic rings. The van der Waals surface area contributed by atoms with E-state index in [9.17, 15) is 9.18 Å². The van der Waals surface area contributed by atoms with E-state index >= 15 is 0 Å². The summed E-state index contributed by atoms with van der Waals surface area (Å²) in [6.07, 6.45) is 0. The standard InChI is InChI=1S/C12H15FN2O2/c1-9-3-2-4-10(13)11(9)14-12(16)15-5-7-17-8-6-15/h2-4H,5-8H2,1H3,(H,14,16). The number of hydrogen-bond donors (Lipinski definition) is 1. The van der Waals surface area contributed by atoms with Crippen molar-refractivity contribution in [1.82, 2.24) is 4.90 Å². The quantitative estimate of drug-likeness (QED) is 0.813. The number of benzene rings is 1. The summed E-state index contributed by atoms with van der Waals surface area (Å²) in [5.74, 6) is -0.411. The molecule has 92 valence electrons. The van der Waals surface area contributed by atoms with Crippen LogP contribution in [0, 0.1) is 12.7 Å². The zero-order valence-corrected chi connectivity index (χ0v) is 9.70. The number of nitrogens with zero attached hydrogens (tertiary/aromatic N) is 1. The summed E-state index contributed by atoms with van der Waals surface area (Å²) < 4.78 is 18.7. The highest BCUT2D eigenvalue weighted by molar-refractivity contribution is 5.90. The van der Waals surface area contributed by atoms with Crippen LogP contribution >= 0.6 is 0 Å². The van der Waals surface area contributed by atoms with Crippen LogP contribution < -0.4 is 5.32 Å². The third-order valence-electron chi connectivity index (χ3n) is 2.75. The molecule has 1 heterocycles. The first-order valence-electron chi connectivity index (χ1n) is 5.57. The molecule has 0 atom stereocenters. The lowest BCUT2D eigenvalue weighted by molar-refractivity contribution is 0.0564. The number of urea groups is 1. The van der Waals surface area contributed by atoms with Crippen LogP contribution in [-0.4, -0.2) is 37.2 Å². The number of ether oxygens (including phenoxy) is 1. The molecule has 1 aromatic rings. The predicted octanol–water partition coefficient (Wildman–Crippen LogP) is 2.00. The van der Waals surface area contributed by atoms with Gasteiger partial charge < -0.3 is 15.0 Å². The van der Waals surface area contributed by atoms with Crippen molar-refractivity contribution >= 4 is 11.7 Å². The molecule has 2 rings (SSSR count). The molecule has 0 spiro atoms. The van der Waals surface area contributed by atoms with Crippen LogP contribution in [0.3, 0.4) is 0 Å². The average Bonchev–Trinajstić information content (AvgIpc) is 2.35. The number of morpholine rings is 1. The van der Waals surface area contributed by atoms with Gasteiger partial charge in [0.25, 0.3) is 0 Å². The summed E-state index contributed by atoms with van der Waals surface area (Å²) in [6, 6.07) is 4.44. The highest BCUT2D eigenvalue weighted by atomic mass is 19.1. The minimum atomic E-state index is -0.411. The van der Waals surface area contributed by atoms with E-state index in [1.54, 1.807) is 24.0 Å². The molecule has 1 saturated heterocycles. The molecule has 2 amide bonds. The van der Waals surface area contributed by atoms with Crippen molar-refractivity contribution in [2.24, 2.45) is 0 Å². The Bertz CT molecular complexity index is 397. The number of carbonyl (C=O) groups is 1. The molecular weight excluding hydrogens is 223 g/mol. The van der Waals surface area contributed by atoms with Crippen molar-refractivity contribution in [3.63, 3.8) is 0 Å². The lowest BCUT2D eigenvalue weighted by atomic mass is 10.2. The second-order valence-corrected chi connectivity index (χ2v) is 3.96. The molecule has 0 unspecified atom stereocenters. The molecule has 1 fully saturated rings. The monoisotopic (exact) mass is 238 g/mol. The lowest BCUT2D eigenvalue weighted by Gasteiger charge is -2.27. The first-order chi connectivity index (χ1) is 8.18. The molecule has 0 aromatic heterocycles. The van der Waals surface area contributed by atoms with Crippen LogP contribution in [0.15, 0.2) is 18.2 Å². The van der Waals surface area contributed by atoms with Crippen molar-refractivity contribution in [2.75, 3.05) is 31.6 Å². The van der Waals surface area contributed by atoms with Gasteiger partial charge in [-0.2, -0.15) is 0 Å². The molecule has 0 saturated carbocycles. The normalized spacial score (nSPS) is 15.8. The number of anilines is 1. The molecule has 4 nitrogen and oxygen atoms in total. The van der Waals surface area contributed by atoms with E-state index in [0.29, 0.717) is 31.9 Å². The third kappa shape index (κ3) is 2.74.